The Kier molecular flexibility index (Phi) is 9.36. The molecule has 4 fully saturated rings. The van der Waals surface area contributed by atoms with Crippen molar-refractivity contribution in [3.05, 3.63) is 34.9 Å². The van der Waals surface area contributed by atoms with Gasteiger partial charge in [0.05, 0.1) is 30.3 Å². The lowest BCUT2D eigenvalue weighted by Crippen LogP contribution is -2.76. The molecular weight excluding hydrogens is 608 g/mol. The molecule has 0 aromatic rings. The average Bonchev–Trinajstić information content (AvgIpc) is 3.03. The van der Waals surface area contributed by atoms with Crippen LogP contribution in [-0.2, 0) is 19.1 Å². The van der Waals surface area contributed by atoms with Gasteiger partial charge >= 0.3 is 11.9 Å². The predicted octanol–water partition coefficient (Wildman–Crippen LogP) is 6.06. The number of hydrogen-bond acceptors (Lipinski definition) is 8. The van der Waals surface area contributed by atoms with E-state index >= 15 is 0 Å². The Bertz CT molecular complexity index is 1410. The number of rotatable bonds is 5. The zero-order valence-electron chi connectivity index (χ0n) is 31.2. The summed E-state index contributed by atoms with van der Waals surface area (Å²) in [5.74, 6) is -1.12. The molecule has 5 aliphatic carbocycles. The molecule has 0 radical (unpaired) electrons. The van der Waals surface area contributed by atoms with Crippen molar-refractivity contribution >= 4 is 11.9 Å². The van der Waals surface area contributed by atoms with Crippen LogP contribution in [0, 0.1) is 50.2 Å². The summed E-state index contributed by atoms with van der Waals surface area (Å²) in [6.07, 6.45) is 4.81. The van der Waals surface area contributed by atoms with Crippen molar-refractivity contribution in [1.29, 1.82) is 0 Å². The second-order valence-corrected chi connectivity index (χ2v) is 18.0. The summed E-state index contributed by atoms with van der Waals surface area (Å²) in [6, 6.07) is 0. The van der Waals surface area contributed by atoms with Crippen molar-refractivity contribution in [2.75, 3.05) is 6.61 Å². The normalized spacial score (nSPS) is 46.6. The van der Waals surface area contributed by atoms with Crippen LogP contribution in [0.2, 0.25) is 0 Å². The molecule has 8 heteroatoms. The Morgan fingerprint density at radius 1 is 0.833 bits per heavy atom. The summed E-state index contributed by atoms with van der Waals surface area (Å²) in [5, 5.41) is 47.8. The maximum absolute atomic E-state index is 13.5. The topological polar surface area (TPSA) is 134 Å². The van der Waals surface area contributed by atoms with Crippen LogP contribution in [0.5, 0.6) is 0 Å². The second kappa shape index (κ2) is 12.1. The fourth-order valence-corrected chi connectivity index (χ4v) is 11.9. The molecule has 4 N–H and O–H groups in total. The first-order valence-electron chi connectivity index (χ1n) is 18.2. The van der Waals surface area contributed by atoms with Gasteiger partial charge in [-0.05, 0) is 100 Å². The molecule has 0 aromatic heterocycles. The van der Waals surface area contributed by atoms with Gasteiger partial charge in [0.15, 0.2) is 6.10 Å². The molecule has 5 aliphatic rings. The number of aliphatic hydroxyl groups excluding tert-OH is 4. The third kappa shape index (κ3) is 4.81. The quantitative estimate of drug-likeness (QED) is 0.158. The Balaban J connectivity index is 1.69. The van der Waals surface area contributed by atoms with Gasteiger partial charge in [0, 0.05) is 22.0 Å². The van der Waals surface area contributed by atoms with E-state index in [2.05, 4.69) is 40.7 Å². The van der Waals surface area contributed by atoms with Gasteiger partial charge in [0.2, 0.25) is 0 Å². The van der Waals surface area contributed by atoms with E-state index in [9.17, 15) is 30.0 Å². The lowest BCUT2D eigenvalue weighted by molar-refractivity contribution is -0.292. The number of carbonyl (C=O) groups excluding carboxylic acids is 2. The molecule has 4 saturated carbocycles. The van der Waals surface area contributed by atoms with Crippen molar-refractivity contribution in [1.82, 2.24) is 0 Å². The van der Waals surface area contributed by atoms with E-state index in [1.165, 1.54) is 0 Å². The molecule has 8 nitrogen and oxygen atoms in total. The summed E-state index contributed by atoms with van der Waals surface area (Å²) < 4.78 is 12.4. The number of hydrogen-bond donors (Lipinski definition) is 4. The van der Waals surface area contributed by atoms with Gasteiger partial charge in [-0.1, -0.05) is 72.3 Å². The standard InChI is InChI=1S/C40H62O8/c1-12-22(3)33(45)47-31-32(48-34(46)23(4)13-2)40(21-41)25(20-35(31,5)6)24-14-15-27-37(9)18-17-28(42)36(7,8)26(37)16-19-38(27,10)39(24,11)29(43)30(40)44/h12-14,25-32,41-44H,15-21H2,1-11H3/b22-12-,23-13-/t25?,26?,27?,28-,29-,30+,31-,32-,37-,38+,39-,40?/m0/s1. The fourth-order valence-electron chi connectivity index (χ4n) is 11.9. The first-order valence-corrected chi connectivity index (χ1v) is 18.2. The predicted molar refractivity (Wildman–Crippen MR) is 184 cm³/mol. The SMILES string of the molecule is C/C=C(/C)C(=O)O[C@H]1[C@H](OC(=O)/C(C)=C\C)C2(CO)C(CC1(C)C)C1=CCC3[C@@]4(C)CC[C@H](O)C(C)(C)C4CC[C@@]3(C)[C@]1(C)[C@@H](O)[C@H]2O. The minimum atomic E-state index is -1.53. The molecule has 0 bridgehead atoms. The maximum Gasteiger partial charge on any atom is 0.333 e. The lowest BCUT2D eigenvalue weighted by atomic mass is 9.32. The Morgan fingerprint density at radius 2 is 1.40 bits per heavy atom. The molecule has 48 heavy (non-hydrogen) atoms. The molecule has 0 saturated heterocycles. The molecule has 0 spiro atoms. The van der Waals surface area contributed by atoms with Crippen LogP contribution in [-0.4, -0.2) is 69.5 Å². The number of carbonyl (C=O) groups is 2. The van der Waals surface area contributed by atoms with Crippen LogP contribution in [0.4, 0.5) is 0 Å². The van der Waals surface area contributed by atoms with E-state index in [1.54, 1.807) is 39.8 Å². The first-order chi connectivity index (χ1) is 22.2. The first kappa shape index (κ1) is 37.3. The highest BCUT2D eigenvalue weighted by atomic mass is 16.6. The highest BCUT2D eigenvalue weighted by Crippen LogP contribution is 2.76. The Morgan fingerprint density at radius 3 is 1.94 bits per heavy atom. The molecule has 0 amide bonds. The van der Waals surface area contributed by atoms with Crippen LogP contribution in [0.3, 0.4) is 0 Å². The molecule has 0 heterocycles. The Hall–Kier alpha value is -2.00. The van der Waals surface area contributed by atoms with Crippen molar-refractivity contribution in [2.24, 2.45) is 50.2 Å². The highest BCUT2D eigenvalue weighted by molar-refractivity contribution is 5.88. The zero-order valence-corrected chi connectivity index (χ0v) is 31.2. The van der Waals surface area contributed by atoms with Crippen LogP contribution in [0.25, 0.3) is 0 Å². The van der Waals surface area contributed by atoms with E-state index < -0.39 is 70.5 Å². The summed E-state index contributed by atoms with van der Waals surface area (Å²) in [4.78, 5) is 26.8. The molecular formula is C40H62O8. The third-order valence-corrected chi connectivity index (χ3v) is 15.4. The number of aliphatic hydroxyl groups is 4. The van der Waals surface area contributed by atoms with Crippen LogP contribution in [0.1, 0.15) is 115 Å². The fraction of sp³-hybridized carbons (Fsp3) is 0.800. The van der Waals surface area contributed by atoms with Crippen molar-refractivity contribution in [3.63, 3.8) is 0 Å². The summed E-state index contributed by atoms with van der Waals surface area (Å²) in [5.41, 5.74) is -2.06. The number of allylic oxidation sites excluding steroid dienone is 3. The van der Waals surface area contributed by atoms with Gasteiger partial charge in [-0.15, -0.1) is 0 Å². The number of esters is 2. The Labute approximate surface area is 288 Å². The summed E-state index contributed by atoms with van der Waals surface area (Å²) in [6.45, 7) is 21.4. The van der Waals surface area contributed by atoms with E-state index in [0.29, 0.717) is 23.5 Å². The third-order valence-electron chi connectivity index (χ3n) is 15.4. The van der Waals surface area contributed by atoms with Gasteiger partial charge in [-0.2, -0.15) is 0 Å². The molecule has 12 atom stereocenters. The van der Waals surface area contributed by atoms with Crippen LogP contribution < -0.4 is 0 Å². The second-order valence-electron chi connectivity index (χ2n) is 18.0. The molecule has 5 rings (SSSR count). The smallest absolute Gasteiger partial charge is 0.333 e. The van der Waals surface area contributed by atoms with E-state index in [-0.39, 0.29) is 22.9 Å². The lowest BCUT2D eigenvalue weighted by Gasteiger charge is -2.73. The monoisotopic (exact) mass is 670 g/mol. The largest absolute Gasteiger partial charge is 0.454 e. The van der Waals surface area contributed by atoms with Gasteiger partial charge in [-0.3, -0.25) is 0 Å². The zero-order chi connectivity index (χ0) is 36.0. The van der Waals surface area contributed by atoms with Crippen molar-refractivity contribution in [2.45, 2.75) is 145 Å². The van der Waals surface area contributed by atoms with Crippen molar-refractivity contribution in [3.8, 4) is 0 Å². The minimum Gasteiger partial charge on any atom is -0.454 e. The van der Waals surface area contributed by atoms with Crippen LogP contribution in [0.15, 0.2) is 34.9 Å². The molecule has 0 aliphatic heterocycles. The van der Waals surface area contributed by atoms with Gasteiger partial charge in [0.25, 0.3) is 0 Å². The molecule has 0 aromatic carbocycles. The van der Waals surface area contributed by atoms with E-state index in [4.69, 9.17) is 9.47 Å². The summed E-state index contributed by atoms with van der Waals surface area (Å²) in [7, 11) is 0. The van der Waals surface area contributed by atoms with E-state index in [1.807, 2.05) is 13.8 Å². The minimum absolute atomic E-state index is 0.0746. The van der Waals surface area contributed by atoms with E-state index in [0.717, 1.165) is 37.7 Å². The molecule has 270 valence electrons. The number of fused-ring (bicyclic) bond motifs is 7. The number of ether oxygens (including phenoxy) is 2. The maximum atomic E-state index is 13.5. The molecule has 4 unspecified atom stereocenters. The summed E-state index contributed by atoms with van der Waals surface area (Å²) >= 11 is 0. The van der Waals surface area contributed by atoms with Gasteiger partial charge in [0.1, 0.15) is 6.10 Å². The average molecular weight is 671 g/mol. The van der Waals surface area contributed by atoms with Gasteiger partial charge < -0.3 is 29.9 Å². The van der Waals surface area contributed by atoms with Crippen LogP contribution >= 0.6 is 0 Å². The van der Waals surface area contributed by atoms with Crippen molar-refractivity contribution < 1.29 is 39.5 Å². The highest BCUT2D eigenvalue weighted by Gasteiger charge is 2.76. The van der Waals surface area contributed by atoms with Gasteiger partial charge in [-0.25, -0.2) is 9.59 Å².